The van der Waals surface area contributed by atoms with E-state index in [0.717, 1.165) is 5.56 Å². The second-order valence-corrected chi connectivity index (χ2v) is 6.07. The van der Waals surface area contributed by atoms with Crippen molar-refractivity contribution >= 4 is 11.9 Å². The van der Waals surface area contributed by atoms with E-state index in [1.165, 1.54) is 7.11 Å². The zero-order chi connectivity index (χ0) is 18.6. The Labute approximate surface area is 147 Å². The summed E-state index contributed by atoms with van der Waals surface area (Å²) < 4.78 is 10.1. The summed E-state index contributed by atoms with van der Waals surface area (Å²) in [6.45, 7) is 7.17. The van der Waals surface area contributed by atoms with Gasteiger partial charge >= 0.3 is 5.97 Å². The molecule has 0 saturated carbocycles. The second-order valence-electron chi connectivity index (χ2n) is 6.07. The molecule has 6 nitrogen and oxygen atoms in total. The first-order valence-electron chi connectivity index (χ1n) is 8.26. The Bertz CT molecular complexity index is 735. The van der Waals surface area contributed by atoms with Gasteiger partial charge in [0.2, 0.25) is 5.91 Å². The third-order valence-corrected chi connectivity index (χ3v) is 4.58. The topological polar surface area (TPSA) is 81.4 Å². The summed E-state index contributed by atoms with van der Waals surface area (Å²) >= 11 is 0. The molecule has 2 unspecified atom stereocenters. The number of carbonyl (C=O) groups excluding carboxylic acids is 2. The van der Waals surface area contributed by atoms with Crippen molar-refractivity contribution < 1.29 is 18.8 Å². The van der Waals surface area contributed by atoms with Gasteiger partial charge in [0.1, 0.15) is 5.76 Å². The van der Waals surface area contributed by atoms with E-state index in [4.69, 9.17) is 9.26 Å². The Morgan fingerprint density at radius 1 is 1.28 bits per heavy atom. The summed E-state index contributed by atoms with van der Waals surface area (Å²) in [6, 6.07) is 9.12. The highest BCUT2D eigenvalue weighted by Crippen LogP contribution is 2.30. The number of amides is 1. The van der Waals surface area contributed by atoms with Crippen LogP contribution < -0.4 is 5.32 Å². The van der Waals surface area contributed by atoms with E-state index in [0.29, 0.717) is 23.4 Å². The van der Waals surface area contributed by atoms with E-state index < -0.39 is 17.4 Å². The lowest BCUT2D eigenvalue weighted by Gasteiger charge is -2.32. The number of benzene rings is 1. The van der Waals surface area contributed by atoms with Gasteiger partial charge in [-0.1, -0.05) is 42.4 Å². The second kappa shape index (κ2) is 7.51. The molecule has 2 atom stereocenters. The number of esters is 1. The highest BCUT2D eigenvalue weighted by Gasteiger charge is 2.42. The summed E-state index contributed by atoms with van der Waals surface area (Å²) in [5, 5.41) is 6.81. The summed E-state index contributed by atoms with van der Waals surface area (Å²) in [7, 11) is 1.32. The molecule has 0 aliphatic heterocycles. The molecule has 0 aliphatic rings. The number of rotatable bonds is 6. The van der Waals surface area contributed by atoms with E-state index in [1.54, 1.807) is 32.9 Å². The quantitative estimate of drug-likeness (QED) is 0.815. The number of hydrogen-bond acceptors (Lipinski definition) is 5. The van der Waals surface area contributed by atoms with Crippen LogP contribution in [0.25, 0.3) is 0 Å². The van der Waals surface area contributed by atoms with Gasteiger partial charge in [0, 0.05) is 5.56 Å². The van der Waals surface area contributed by atoms with Crippen LogP contribution in [0.5, 0.6) is 0 Å². The Balaban J connectivity index is 2.40. The van der Waals surface area contributed by atoms with Crippen LogP contribution in [0.1, 0.15) is 48.8 Å². The zero-order valence-corrected chi connectivity index (χ0v) is 15.3. The molecule has 1 aromatic carbocycles. The Hall–Kier alpha value is -2.63. The fourth-order valence-corrected chi connectivity index (χ4v) is 3.13. The van der Waals surface area contributed by atoms with Gasteiger partial charge < -0.3 is 14.6 Å². The van der Waals surface area contributed by atoms with Crippen molar-refractivity contribution in [2.45, 2.75) is 45.6 Å². The number of nitrogens with zero attached hydrogens (tertiary/aromatic N) is 1. The zero-order valence-electron chi connectivity index (χ0n) is 15.3. The molecule has 0 spiro atoms. The largest absolute Gasteiger partial charge is 0.467 e. The SMILES string of the molecule is CCC(NC(=O)C(C)c1c(C)noc1C)(C(=O)OC)c1ccccc1. The van der Waals surface area contributed by atoms with Crippen molar-refractivity contribution in [3.05, 3.63) is 52.9 Å². The van der Waals surface area contributed by atoms with Crippen LogP contribution in [0.15, 0.2) is 34.9 Å². The third-order valence-electron chi connectivity index (χ3n) is 4.58. The van der Waals surface area contributed by atoms with Gasteiger partial charge in [0.25, 0.3) is 0 Å². The minimum absolute atomic E-state index is 0.287. The highest BCUT2D eigenvalue weighted by molar-refractivity contribution is 5.92. The van der Waals surface area contributed by atoms with Crippen LogP contribution in [0.4, 0.5) is 0 Å². The van der Waals surface area contributed by atoms with Gasteiger partial charge in [-0.3, -0.25) is 4.79 Å². The Kier molecular flexibility index (Phi) is 5.62. The third kappa shape index (κ3) is 3.43. The number of ether oxygens (including phenoxy) is 1. The van der Waals surface area contributed by atoms with E-state index >= 15 is 0 Å². The van der Waals surface area contributed by atoms with Gasteiger partial charge in [0.15, 0.2) is 5.54 Å². The summed E-state index contributed by atoms with van der Waals surface area (Å²) in [5.74, 6) is -0.698. The first kappa shape index (κ1) is 18.7. The van der Waals surface area contributed by atoms with Crippen LogP contribution in [0.2, 0.25) is 0 Å². The number of aryl methyl sites for hydroxylation is 2. The maximum atomic E-state index is 12.9. The lowest BCUT2D eigenvalue weighted by Crippen LogP contribution is -2.53. The number of nitrogens with one attached hydrogen (secondary N) is 1. The summed E-state index contributed by atoms with van der Waals surface area (Å²) in [5.41, 5.74) is 0.851. The van der Waals surface area contributed by atoms with Crippen LogP contribution in [-0.2, 0) is 19.9 Å². The normalized spacial score (nSPS) is 14.4. The lowest BCUT2D eigenvalue weighted by atomic mass is 9.86. The molecule has 0 radical (unpaired) electrons. The van der Waals surface area contributed by atoms with E-state index in [9.17, 15) is 9.59 Å². The predicted octanol–water partition coefficient (Wildman–Crippen LogP) is 2.99. The van der Waals surface area contributed by atoms with E-state index in [2.05, 4.69) is 10.5 Å². The average molecular weight is 344 g/mol. The van der Waals surface area contributed by atoms with Crippen LogP contribution in [-0.4, -0.2) is 24.1 Å². The number of hydrogen-bond donors (Lipinski definition) is 1. The molecule has 0 bridgehead atoms. The fraction of sp³-hybridized carbons (Fsp3) is 0.421. The summed E-state index contributed by atoms with van der Waals surface area (Å²) in [6.07, 6.45) is 0.365. The fourth-order valence-electron chi connectivity index (χ4n) is 3.13. The number of methoxy groups -OCH3 is 1. The van der Waals surface area contributed by atoms with Gasteiger partial charge in [-0.25, -0.2) is 4.79 Å². The Morgan fingerprint density at radius 2 is 1.92 bits per heavy atom. The van der Waals surface area contributed by atoms with Crippen molar-refractivity contribution in [2.24, 2.45) is 0 Å². The molecule has 25 heavy (non-hydrogen) atoms. The van der Waals surface area contributed by atoms with Gasteiger partial charge in [0.05, 0.1) is 18.7 Å². The molecular weight excluding hydrogens is 320 g/mol. The Morgan fingerprint density at radius 3 is 2.40 bits per heavy atom. The minimum Gasteiger partial charge on any atom is -0.467 e. The highest BCUT2D eigenvalue weighted by atomic mass is 16.5. The van der Waals surface area contributed by atoms with E-state index in [-0.39, 0.29) is 5.91 Å². The first-order chi connectivity index (χ1) is 11.9. The monoisotopic (exact) mass is 344 g/mol. The molecule has 0 fully saturated rings. The van der Waals surface area contributed by atoms with Crippen molar-refractivity contribution in [1.82, 2.24) is 10.5 Å². The number of carbonyl (C=O) groups is 2. The molecule has 1 N–H and O–H groups in total. The van der Waals surface area contributed by atoms with Crippen LogP contribution >= 0.6 is 0 Å². The molecular formula is C19H24N2O4. The average Bonchev–Trinajstić information content (AvgIpc) is 2.97. The van der Waals surface area contributed by atoms with Gasteiger partial charge in [-0.2, -0.15) is 0 Å². The molecule has 0 saturated heterocycles. The van der Waals surface area contributed by atoms with Gasteiger partial charge in [-0.15, -0.1) is 0 Å². The maximum absolute atomic E-state index is 12.9. The minimum atomic E-state index is -1.24. The molecule has 1 heterocycles. The molecule has 1 aromatic heterocycles. The van der Waals surface area contributed by atoms with Crippen molar-refractivity contribution in [1.29, 1.82) is 0 Å². The van der Waals surface area contributed by atoms with Crippen LogP contribution in [0, 0.1) is 13.8 Å². The van der Waals surface area contributed by atoms with E-state index in [1.807, 2.05) is 25.1 Å². The smallest absolute Gasteiger partial charge is 0.336 e. The standard InChI is InChI=1S/C19H24N2O4/c1-6-19(18(23)24-5,15-10-8-7-9-11-15)20-17(22)12(2)16-13(3)21-25-14(16)4/h7-12H,6H2,1-5H3,(H,20,22). The lowest BCUT2D eigenvalue weighted by molar-refractivity contribution is -0.152. The van der Waals surface area contributed by atoms with Crippen molar-refractivity contribution in [3.8, 4) is 0 Å². The molecule has 6 heteroatoms. The molecule has 2 rings (SSSR count). The number of aromatic nitrogens is 1. The maximum Gasteiger partial charge on any atom is 0.336 e. The van der Waals surface area contributed by atoms with Crippen LogP contribution in [0.3, 0.4) is 0 Å². The molecule has 134 valence electrons. The van der Waals surface area contributed by atoms with Crippen molar-refractivity contribution in [3.63, 3.8) is 0 Å². The van der Waals surface area contributed by atoms with Crippen molar-refractivity contribution in [2.75, 3.05) is 7.11 Å². The summed E-state index contributed by atoms with van der Waals surface area (Å²) in [4.78, 5) is 25.5. The predicted molar refractivity (Wildman–Crippen MR) is 93.0 cm³/mol. The molecule has 1 amide bonds. The molecule has 2 aromatic rings. The molecule has 0 aliphatic carbocycles. The first-order valence-corrected chi connectivity index (χ1v) is 8.26. The van der Waals surface area contributed by atoms with Gasteiger partial charge in [-0.05, 0) is 32.8 Å².